The normalized spacial score (nSPS) is 14.4. The Morgan fingerprint density at radius 3 is 1.30 bits per heavy atom. The van der Waals surface area contributed by atoms with Crippen molar-refractivity contribution in [1.29, 1.82) is 0 Å². The molecule has 4 N–H and O–H groups in total. The van der Waals surface area contributed by atoms with E-state index in [0.717, 1.165) is 64.2 Å². The average Bonchev–Trinajstić information content (AvgIpc) is 4.14. The van der Waals surface area contributed by atoms with Crippen molar-refractivity contribution in [3.05, 3.63) is 120 Å². The van der Waals surface area contributed by atoms with Crippen molar-refractivity contribution < 1.29 is 61.5 Å². The van der Waals surface area contributed by atoms with Gasteiger partial charge in [0.2, 0.25) is 5.91 Å². The summed E-state index contributed by atoms with van der Waals surface area (Å²) in [5.41, 5.74) is 3.48. The van der Waals surface area contributed by atoms with Crippen LogP contribution in [-0.4, -0.2) is 109 Å². The van der Waals surface area contributed by atoms with Crippen LogP contribution in [0.5, 0.6) is 23.0 Å². The number of methoxy groups -OCH3 is 5. The van der Waals surface area contributed by atoms with Crippen LogP contribution in [0.25, 0.3) is 33.9 Å². The van der Waals surface area contributed by atoms with Gasteiger partial charge in [-0.2, -0.15) is 10.2 Å². The Labute approximate surface area is 445 Å². The van der Waals surface area contributed by atoms with Gasteiger partial charge in [-0.25, -0.2) is 18.1 Å². The Kier molecular flexibility index (Phi) is 19.8. The molecule has 0 spiro atoms. The maximum Gasteiger partial charge on any atom is 0.322 e. The molecule has 18 nitrogen and oxygen atoms in total. The molecule has 2 atom stereocenters. The number of hydrogen-bond acceptors (Lipinski definition) is 12. The van der Waals surface area contributed by atoms with E-state index in [4.69, 9.17) is 28.8 Å². The fourth-order valence-corrected chi connectivity index (χ4v) is 10.0. The fourth-order valence-electron chi connectivity index (χ4n) is 10.0. The van der Waals surface area contributed by atoms with Gasteiger partial charge in [0.1, 0.15) is 41.2 Å². The lowest BCUT2D eigenvalue weighted by Crippen LogP contribution is -2.45. The number of nitrogens with zero attached hydrogens (tertiary/aromatic N) is 4. The lowest BCUT2D eigenvalue weighted by Gasteiger charge is -2.30. The summed E-state index contributed by atoms with van der Waals surface area (Å²) in [7, 11) is 7.49. The zero-order chi connectivity index (χ0) is 55.0. The van der Waals surface area contributed by atoms with Crippen LogP contribution in [-0.2, 0) is 19.1 Å². The summed E-state index contributed by atoms with van der Waals surface area (Å²) in [6.45, 7) is -0.490. The quantitative estimate of drug-likeness (QED) is 0.0525. The number of carboxylic acid groups (broad SMARTS) is 1. The number of amides is 3. The summed E-state index contributed by atoms with van der Waals surface area (Å²) in [5, 5.41) is 26.5. The number of rotatable bonds is 20. The molecule has 0 aliphatic heterocycles. The summed E-state index contributed by atoms with van der Waals surface area (Å²) in [5.74, 6) is -1.36. The summed E-state index contributed by atoms with van der Waals surface area (Å²) in [4.78, 5) is 62.6. The number of carbonyl (C=O) groups is 5. The van der Waals surface area contributed by atoms with Crippen LogP contribution >= 0.6 is 0 Å². The molecule has 2 heterocycles. The maximum atomic E-state index is 13.7. The second-order valence-corrected chi connectivity index (χ2v) is 18.8. The Bertz CT molecular complexity index is 2940. The van der Waals surface area contributed by atoms with E-state index < -0.39 is 42.1 Å². The van der Waals surface area contributed by atoms with E-state index in [9.17, 15) is 32.8 Å². The number of nitrogens with one attached hydrogen (secondary N) is 3. The number of aliphatic carboxylic acids is 1. The highest BCUT2D eigenvalue weighted by Crippen LogP contribution is 2.41. The SMILES string of the molecule is COC(=O)C[C@@H](NC(=O)c1cc(-c2c(OC)cccc2OC)n(-c2ccc(F)cc2)n1)C1CCCCC1.COc1cccc(OC)c1-c1cc(C(=O)NC(CC(=O)NCC(=O)O)C2CCCCC2)nn1-c1ccc(F)cc1. The van der Waals surface area contributed by atoms with Crippen molar-refractivity contribution in [1.82, 2.24) is 35.5 Å². The maximum absolute atomic E-state index is 13.7. The molecule has 2 saturated carbocycles. The molecular formula is C57H65F2N7O11. The molecule has 77 heavy (non-hydrogen) atoms. The molecule has 20 heteroatoms. The monoisotopic (exact) mass is 1060 g/mol. The first-order valence-corrected chi connectivity index (χ1v) is 25.6. The van der Waals surface area contributed by atoms with Crippen LogP contribution < -0.4 is 34.9 Å². The molecule has 0 radical (unpaired) electrons. The predicted molar refractivity (Wildman–Crippen MR) is 282 cm³/mol. The van der Waals surface area contributed by atoms with Crippen LogP contribution in [0, 0.1) is 23.5 Å². The van der Waals surface area contributed by atoms with E-state index in [1.54, 1.807) is 91.7 Å². The Morgan fingerprint density at radius 2 is 0.948 bits per heavy atom. The van der Waals surface area contributed by atoms with E-state index in [0.29, 0.717) is 56.9 Å². The topological polar surface area (TPSA) is 223 Å². The first-order valence-electron chi connectivity index (χ1n) is 25.6. The zero-order valence-electron chi connectivity index (χ0n) is 43.8. The van der Waals surface area contributed by atoms with Gasteiger partial charge in [-0.15, -0.1) is 0 Å². The molecule has 3 amide bonds. The third-order valence-corrected chi connectivity index (χ3v) is 13.9. The van der Waals surface area contributed by atoms with Crippen molar-refractivity contribution in [2.45, 2.75) is 89.1 Å². The van der Waals surface area contributed by atoms with E-state index in [2.05, 4.69) is 26.1 Å². The summed E-state index contributed by atoms with van der Waals surface area (Å²) in [6, 6.07) is 24.6. The Balaban J connectivity index is 0.000000224. The molecule has 1 unspecified atom stereocenters. The molecule has 4 aromatic carbocycles. The third-order valence-electron chi connectivity index (χ3n) is 13.9. The number of ether oxygens (including phenoxy) is 5. The van der Waals surface area contributed by atoms with Gasteiger partial charge in [0.25, 0.3) is 11.8 Å². The highest BCUT2D eigenvalue weighted by molar-refractivity contribution is 5.96. The van der Waals surface area contributed by atoms with Gasteiger partial charge >= 0.3 is 11.9 Å². The molecule has 0 saturated heterocycles. The van der Waals surface area contributed by atoms with Gasteiger partial charge in [0.05, 0.1) is 75.9 Å². The van der Waals surface area contributed by atoms with Crippen molar-refractivity contribution in [2.24, 2.45) is 11.8 Å². The van der Waals surface area contributed by atoms with Crippen LogP contribution in [0.3, 0.4) is 0 Å². The number of carbonyl (C=O) groups excluding carboxylic acids is 4. The average molecular weight is 1060 g/mol. The molecule has 6 aromatic rings. The summed E-state index contributed by atoms with van der Waals surface area (Å²) in [6.07, 6.45) is 9.99. The lowest BCUT2D eigenvalue weighted by molar-refractivity contribution is -0.141. The first-order chi connectivity index (χ1) is 37.2. The second-order valence-electron chi connectivity index (χ2n) is 18.8. The van der Waals surface area contributed by atoms with Crippen LogP contribution in [0.4, 0.5) is 8.78 Å². The number of esters is 1. The minimum atomic E-state index is -1.14. The minimum Gasteiger partial charge on any atom is -0.496 e. The predicted octanol–water partition coefficient (Wildman–Crippen LogP) is 8.90. The van der Waals surface area contributed by atoms with Gasteiger partial charge in [-0.1, -0.05) is 50.7 Å². The van der Waals surface area contributed by atoms with E-state index in [1.165, 1.54) is 50.3 Å². The Hall–Kier alpha value is -8.29. The van der Waals surface area contributed by atoms with Gasteiger partial charge in [0, 0.05) is 18.5 Å². The molecule has 2 aromatic heterocycles. The Morgan fingerprint density at radius 1 is 0.571 bits per heavy atom. The first kappa shape index (κ1) is 56.4. The zero-order valence-corrected chi connectivity index (χ0v) is 43.8. The number of carboxylic acids is 1. The fraction of sp³-hybridized carbons (Fsp3) is 0.386. The van der Waals surface area contributed by atoms with Gasteiger partial charge in [-0.3, -0.25) is 24.0 Å². The largest absolute Gasteiger partial charge is 0.496 e. The lowest BCUT2D eigenvalue weighted by atomic mass is 9.82. The van der Waals surface area contributed by atoms with Crippen LogP contribution in [0.2, 0.25) is 0 Å². The van der Waals surface area contributed by atoms with Gasteiger partial charge in [0.15, 0.2) is 11.4 Å². The third kappa shape index (κ3) is 14.4. The van der Waals surface area contributed by atoms with Gasteiger partial charge in [-0.05, 0) is 122 Å². The highest BCUT2D eigenvalue weighted by Gasteiger charge is 2.32. The number of benzene rings is 4. The second kappa shape index (κ2) is 27.0. The molecule has 408 valence electrons. The minimum absolute atomic E-state index is 0.0461. The molecular weight excluding hydrogens is 997 g/mol. The molecule has 2 aliphatic rings. The molecule has 8 rings (SSSR count). The van der Waals surface area contributed by atoms with Crippen molar-refractivity contribution in [2.75, 3.05) is 42.1 Å². The van der Waals surface area contributed by atoms with E-state index in [1.807, 2.05) is 0 Å². The standard InChI is InChI=1S/C29H33FN4O6.C28H32FN3O5/c1-39-24-9-6-10-25(40-2)28(24)23-15-22(33-34(23)20-13-11-19(30)12-14-20)29(38)32-21(18-7-4-3-5-8-18)16-26(35)31-17-27(36)37;1-35-24-10-7-11-25(36-2)27(24)23-16-22(31-32(23)20-14-12-19(29)13-15-20)28(34)30-21(17-26(33)37-3)18-8-5-4-6-9-18/h6,9-15,18,21H,3-5,7-8,16-17H2,1-2H3,(H,31,35)(H,32,38)(H,36,37);7,10-16,18,21H,4-6,8-9,17H2,1-3H3,(H,30,34)/t;21-/m.1/s1. The van der Waals surface area contributed by atoms with E-state index in [-0.39, 0.29) is 53.9 Å². The van der Waals surface area contributed by atoms with Crippen molar-refractivity contribution in [3.8, 4) is 56.9 Å². The molecule has 0 bridgehead atoms. The number of halogens is 2. The van der Waals surface area contributed by atoms with Crippen molar-refractivity contribution in [3.63, 3.8) is 0 Å². The highest BCUT2D eigenvalue weighted by atomic mass is 19.1. The summed E-state index contributed by atoms with van der Waals surface area (Å²) >= 11 is 0. The molecule has 2 aliphatic carbocycles. The number of aromatic nitrogens is 4. The van der Waals surface area contributed by atoms with Crippen LogP contribution in [0.15, 0.2) is 97.1 Å². The number of hydrogen-bond donors (Lipinski definition) is 4. The summed E-state index contributed by atoms with van der Waals surface area (Å²) < 4.78 is 57.7. The molecule has 2 fully saturated rings. The smallest absolute Gasteiger partial charge is 0.322 e. The van der Waals surface area contributed by atoms with E-state index >= 15 is 0 Å². The van der Waals surface area contributed by atoms with Crippen molar-refractivity contribution >= 4 is 29.7 Å². The van der Waals surface area contributed by atoms with Gasteiger partial charge < -0.3 is 44.7 Å². The van der Waals surface area contributed by atoms with Crippen LogP contribution in [0.1, 0.15) is 98.0 Å².